The molecule has 2 rings (SSSR count). The molecule has 146 valence electrons. The SMILES string of the molecule is COCCCNC(=O)CN(c1cccc(Cl)c1)S(=O)(=O)c1ccc(Cl)cc1. The summed E-state index contributed by atoms with van der Waals surface area (Å²) < 4.78 is 32.2. The zero-order valence-corrected chi connectivity index (χ0v) is 17.0. The van der Waals surface area contributed by atoms with Crippen LogP contribution in [0.4, 0.5) is 5.69 Å². The van der Waals surface area contributed by atoms with Crippen LogP contribution in [-0.4, -0.2) is 41.1 Å². The van der Waals surface area contributed by atoms with Crippen LogP contribution in [-0.2, 0) is 19.6 Å². The maximum atomic E-state index is 13.1. The highest BCUT2D eigenvalue weighted by molar-refractivity contribution is 7.92. The zero-order valence-electron chi connectivity index (χ0n) is 14.7. The Kier molecular flexibility index (Phi) is 7.91. The van der Waals surface area contributed by atoms with E-state index in [9.17, 15) is 13.2 Å². The summed E-state index contributed by atoms with van der Waals surface area (Å²) in [6.45, 7) is 0.511. The number of hydrogen-bond acceptors (Lipinski definition) is 4. The molecule has 6 nitrogen and oxygen atoms in total. The molecule has 0 saturated heterocycles. The van der Waals surface area contributed by atoms with Crippen LogP contribution < -0.4 is 9.62 Å². The molecule has 2 aromatic carbocycles. The number of carbonyl (C=O) groups is 1. The van der Waals surface area contributed by atoms with E-state index in [1.165, 1.54) is 30.3 Å². The molecular formula is C18H20Cl2N2O4S. The summed E-state index contributed by atoms with van der Waals surface area (Å²) in [6, 6.07) is 12.1. The third-order valence-electron chi connectivity index (χ3n) is 3.63. The minimum Gasteiger partial charge on any atom is -0.385 e. The average Bonchev–Trinajstić information content (AvgIpc) is 2.63. The third-order valence-corrected chi connectivity index (χ3v) is 5.91. The molecule has 0 fully saturated rings. The third kappa shape index (κ3) is 6.10. The summed E-state index contributed by atoms with van der Waals surface area (Å²) in [5.41, 5.74) is 0.296. The second-order valence-electron chi connectivity index (χ2n) is 5.64. The maximum Gasteiger partial charge on any atom is 0.264 e. The van der Waals surface area contributed by atoms with Gasteiger partial charge in [0.05, 0.1) is 10.6 Å². The second kappa shape index (κ2) is 9.94. The lowest BCUT2D eigenvalue weighted by Gasteiger charge is -2.24. The summed E-state index contributed by atoms with van der Waals surface area (Å²) in [7, 11) is -2.42. The van der Waals surface area contributed by atoms with E-state index in [0.717, 1.165) is 4.31 Å². The quantitative estimate of drug-likeness (QED) is 0.618. The number of nitrogens with one attached hydrogen (secondary N) is 1. The summed E-state index contributed by atoms with van der Waals surface area (Å²) >= 11 is 11.9. The van der Waals surface area contributed by atoms with Gasteiger partial charge < -0.3 is 10.1 Å². The van der Waals surface area contributed by atoms with Gasteiger partial charge in [0.15, 0.2) is 0 Å². The van der Waals surface area contributed by atoms with Crippen molar-refractivity contribution >= 4 is 44.8 Å². The van der Waals surface area contributed by atoms with Gasteiger partial charge >= 0.3 is 0 Å². The number of nitrogens with zero attached hydrogens (tertiary/aromatic N) is 1. The zero-order chi connectivity index (χ0) is 19.9. The van der Waals surface area contributed by atoms with Gasteiger partial charge in [0.25, 0.3) is 10.0 Å². The van der Waals surface area contributed by atoms with Crippen LogP contribution in [0.5, 0.6) is 0 Å². The Morgan fingerprint density at radius 1 is 1.11 bits per heavy atom. The summed E-state index contributed by atoms with van der Waals surface area (Å²) in [5, 5.41) is 3.47. The largest absolute Gasteiger partial charge is 0.385 e. The van der Waals surface area contributed by atoms with Gasteiger partial charge in [-0.2, -0.15) is 0 Å². The summed E-state index contributed by atoms with van der Waals surface area (Å²) in [4.78, 5) is 12.3. The standard InChI is InChI=1S/C18H20Cl2N2O4S/c1-26-11-3-10-21-18(23)13-22(16-5-2-4-15(20)12-16)27(24,25)17-8-6-14(19)7-9-17/h2,4-9,12H,3,10-11,13H2,1H3,(H,21,23). The molecular weight excluding hydrogens is 411 g/mol. The molecule has 0 aromatic heterocycles. The van der Waals surface area contributed by atoms with Gasteiger partial charge in [0.2, 0.25) is 5.91 Å². The van der Waals surface area contributed by atoms with E-state index in [2.05, 4.69) is 5.32 Å². The summed E-state index contributed by atoms with van der Waals surface area (Å²) in [6.07, 6.45) is 0.628. The van der Waals surface area contributed by atoms with Crippen molar-refractivity contribution in [2.75, 3.05) is 31.1 Å². The van der Waals surface area contributed by atoms with Crippen molar-refractivity contribution in [2.45, 2.75) is 11.3 Å². The average molecular weight is 431 g/mol. The lowest BCUT2D eigenvalue weighted by Crippen LogP contribution is -2.41. The summed E-state index contributed by atoms with van der Waals surface area (Å²) in [5.74, 6) is -0.427. The van der Waals surface area contributed by atoms with Crippen molar-refractivity contribution in [3.8, 4) is 0 Å². The van der Waals surface area contributed by atoms with Crippen LogP contribution in [0.2, 0.25) is 10.0 Å². The molecule has 0 unspecified atom stereocenters. The van der Waals surface area contributed by atoms with E-state index in [-0.39, 0.29) is 11.4 Å². The highest BCUT2D eigenvalue weighted by Crippen LogP contribution is 2.26. The molecule has 0 aliphatic carbocycles. The van der Waals surface area contributed by atoms with Crippen molar-refractivity contribution < 1.29 is 17.9 Å². The number of benzene rings is 2. The minimum atomic E-state index is -3.99. The molecule has 9 heteroatoms. The van der Waals surface area contributed by atoms with Gasteiger partial charge in [0, 0.05) is 30.3 Å². The van der Waals surface area contributed by atoms with Gasteiger partial charge in [-0.25, -0.2) is 8.42 Å². The van der Waals surface area contributed by atoms with Gasteiger partial charge in [-0.05, 0) is 48.9 Å². The molecule has 0 saturated carbocycles. The molecule has 1 N–H and O–H groups in total. The number of ether oxygens (including phenoxy) is 1. The first-order valence-corrected chi connectivity index (χ1v) is 10.3. The van der Waals surface area contributed by atoms with Gasteiger partial charge in [0.1, 0.15) is 6.54 Å². The van der Waals surface area contributed by atoms with E-state index in [4.69, 9.17) is 27.9 Å². The Morgan fingerprint density at radius 3 is 2.44 bits per heavy atom. The molecule has 0 radical (unpaired) electrons. The number of hydrogen-bond donors (Lipinski definition) is 1. The van der Waals surface area contributed by atoms with Crippen LogP contribution >= 0.6 is 23.2 Å². The second-order valence-corrected chi connectivity index (χ2v) is 8.38. The van der Waals surface area contributed by atoms with Crippen molar-refractivity contribution in [3.05, 3.63) is 58.6 Å². The first kappa shape index (κ1) is 21.5. The van der Waals surface area contributed by atoms with Crippen molar-refractivity contribution in [1.82, 2.24) is 5.32 Å². The van der Waals surface area contributed by atoms with E-state index in [1.54, 1.807) is 25.3 Å². The Labute approximate surface area is 169 Å². The number of halogens is 2. The first-order valence-electron chi connectivity index (χ1n) is 8.14. The van der Waals surface area contributed by atoms with Crippen LogP contribution in [0.3, 0.4) is 0 Å². The Bertz CT molecular complexity index is 873. The number of rotatable bonds is 9. The lowest BCUT2D eigenvalue weighted by molar-refractivity contribution is -0.119. The molecule has 0 aliphatic heterocycles. The van der Waals surface area contributed by atoms with Crippen LogP contribution in [0.1, 0.15) is 6.42 Å². The molecule has 0 atom stereocenters. The molecule has 0 bridgehead atoms. The molecule has 27 heavy (non-hydrogen) atoms. The Morgan fingerprint density at radius 2 is 1.81 bits per heavy atom. The Balaban J connectivity index is 2.29. The topological polar surface area (TPSA) is 75.7 Å². The minimum absolute atomic E-state index is 0.0269. The molecule has 0 spiro atoms. The number of anilines is 1. The first-order chi connectivity index (χ1) is 12.8. The highest BCUT2D eigenvalue weighted by atomic mass is 35.5. The van der Waals surface area contributed by atoms with E-state index >= 15 is 0 Å². The fraction of sp³-hybridized carbons (Fsp3) is 0.278. The van der Waals surface area contributed by atoms with Crippen LogP contribution in [0.25, 0.3) is 0 Å². The van der Waals surface area contributed by atoms with E-state index in [1.807, 2.05) is 0 Å². The maximum absolute atomic E-state index is 13.1. The van der Waals surface area contributed by atoms with Crippen molar-refractivity contribution in [2.24, 2.45) is 0 Å². The van der Waals surface area contributed by atoms with Gasteiger partial charge in [-0.1, -0.05) is 29.3 Å². The number of methoxy groups -OCH3 is 1. The van der Waals surface area contributed by atoms with Gasteiger partial charge in [-0.15, -0.1) is 0 Å². The smallest absolute Gasteiger partial charge is 0.264 e. The van der Waals surface area contributed by atoms with Crippen molar-refractivity contribution in [1.29, 1.82) is 0 Å². The monoisotopic (exact) mass is 430 g/mol. The molecule has 0 heterocycles. The predicted octanol–water partition coefficient (Wildman–Crippen LogP) is 3.34. The number of carbonyl (C=O) groups excluding carboxylic acids is 1. The molecule has 1 amide bonds. The van der Waals surface area contributed by atoms with Crippen LogP contribution in [0.15, 0.2) is 53.4 Å². The molecule has 2 aromatic rings. The van der Waals surface area contributed by atoms with Gasteiger partial charge in [-0.3, -0.25) is 9.10 Å². The van der Waals surface area contributed by atoms with E-state index < -0.39 is 15.9 Å². The Hall–Kier alpha value is -1.80. The highest BCUT2D eigenvalue weighted by Gasteiger charge is 2.27. The van der Waals surface area contributed by atoms with E-state index in [0.29, 0.717) is 35.3 Å². The normalized spacial score (nSPS) is 11.2. The lowest BCUT2D eigenvalue weighted by atomic mass is 10.3. The number of sulfonamides is 1. The predicted molar refractivity (Wildman–Crippen MR) is 107 cm³/mol. The fourth-order valence-corrected chi connectivity index (χ4v) is 4.03. The van der Waals surface area contributed by atoms with Crippen LogP contribution in [0, 0.1) is 0 Å². The fourth-order valence-electron chi connectivity index (χ4n) is 2.31. The number of amides is 1. The molecule has 0 aliphatic rings. The van der Waals surface area contributed by atoms with Crippen molar-refractivity contribution in [3.63, 3.8) is 0 Å².